The third kappa shape index (κ3) is 3.41. The lowest BCUT2D eigenvalue weighted by Crippen LogP contribution is -2.28. The first-order valence-corrected chi connectivity index (χ1v) is 6.88. The summed E-state index contributed by atoms with van der Waals surface area (Å²) in [6.07, 6.45) is 5.01. The second-order valence-electron chi connectivity index (χ2n) is 4.61. The van der Waals surface area contributed by atoms with E-state index in [4.69, 9.17) is 14.4 Å². The van der Waals surface area contributed by atoms with E-state index in [2.05, 4.69) is 4.90 Å². The molecule has 1 aromatic heterocycles. The largest absolute Gasteiger partial charge is 0.462 e. The normalized spacial score (nSPS) is 15.8. The average Bonchev–Trinajstić information content (AvgIpc) is 2.94. The van der Waals surface area contributed by atoms with Crippen LogP contribution in [0.1, 0.15) is 31.9 Å². The van der Waals surface area contributed by atoms with Gasteiger partial charge >= 0.3 is 5.97 Å². The van der Waals surface area contributed by atoms with Crippen molar-refractivity contribution in [2.75, 3.05) is 24.6 Å². The van der Waals surface area contributed by atoms with E-state index in [9.17, 15) is 4.79 Å². The van der Waals surface area contributed by atoms with Crippen molar-refractivity contribution in [2.45, 2.75) is 26.2 Å². The summed E-state index contributed by atoms with van der Waals surface area (Å²) in [5, 5.41) is 8.97. The average molecular weight is 274 g/mol. The minimum absolute atomic E-state index is 0.0496. The van der Waals surface area contributed by atoms with Gasteiger partial charge in [0.25, 0.3) is 0 Å². The van der Waals surface area contributed by atoms with Crippen LogP contribution in [0.5, 0.6) is 0 Å². The first-order chi connectivity index (χ1) is 9.74. The van der Waals surface area contributed by atoms with E-state index in [1.165, 1.54) is 12.5 Å². The van der Waals surface area contributed by atoms with Gasteiger partial charge in [0, 0.05) is 25.2 Å². The number of hydrogen-bond acceptors (Lipinski definition) is 5. The van der Waals surface area contributed by atoms with Gasteiger partial charge in [-0.25, -0.2) is 4.79 Å². The fourth-order valence-corrected chi connectivity index (χ4v) is 2.19. The highest BCUT2D eigenvalue weighted by Crippen LogP contribution is 2.23. The van der Waals surface area contributed by atoms with Crippen LogP contribution in [-0.2, 0) is 9.53 Å². The summed E-state index contributed by atoms with van der Waals surface area (Å²) in [6.45, 7) is 3.92. The molecule has 1 aliphatic rings. The van der Waals surface area contributed by atoms with Gasteiger partial charge in [0.15, 0.2) is 5.88 Å². The van der Waals surface area contributed by atoms with E-state index < -0.39 is 5.97 Å². The van der Waals surface area contributed by atoms with E-state index in [0.29, 0.717) is 5.76 Å². The second kappa shape index (κ2) is 6.80. The molecule has 1 aromatic rings. The lowest BCUT2D eigenvalue weighted by Gasteiger charge is -2.25. The molecule has 5 heteroatoms. The Labute approximate surface area is 118 Å². The third-order valence-corrected chi connectivity index (χ3v) is 3.18. The number of nitrogens with zero attached hydrogens (tertiary/aromatic N) is 2. The smallest absolute Gasteiger partial charge is 0.349 e. The zero-order valence-electron chi connectivity index (χ0n) is 11.6. The van der Waals surface area contributed by atoms with Crippen LogP contribution < -0.4 is 4.90 Å². The lowest BCUT2D eigenvalue weighted by molar-refractivity contribution is -0.137. The van der Waals surface area contributed by atoms with Crippen LogP contribution in [0.4, 0.5) is 5.88 Å². The predicted molar refractivity (Wildman–Crippen MR) is 75.0 cm³/mol. The minimum atomic E-state index is -0.620. The van der Waals surface area contributed by atoms with Gasteiger partial charge in [-0.1, -0.05) is 0 Å². The number of furan rings is 1. The van der Waals surface area contributed by atoms with Crippen LogP contribution in [0.15, 0.2) is 22.1 Å². The molecule has 0 bridgehead atoms. The van der Waals surface area contributed by atoms with E-state index >= 15 is 0 Å². The van der Waals surface area contributed by atoms with Crippen LogP contribution >= 0.6 is 0 Å². The number of esters is 1. The SMILES string of the molecule is CCOC(=O)C(C#N)=Cc1ccc(N2CCCCC2)o1. The molecule has 0 aromatic carbocycles. The summed E-state index contributed by atoms with van der Waals surface area (Å²) >= 11 is 0. The monoisotopic (exact) mass is 274 g/mol. The van der Waals surface area contributed by atoms with Gasteiger partial charge in [-0.3, -0.25) is 0 Å². The molecule has 1 fully saturated rings. The molecule has 2 rings (SSSR count). The van der Waals surface area contributed by atoms with Crippen LogP contribution in [0.2, 0.25) is 0 Å². The highest BCUT2D eigenvalue weighted by molar-refractivity contribution is 5.97. The van der Waals surface area contributed by atoms with Gasteiger partial charge < -0.3 is 14.1 Å². The van der Waals surface area contributed by atoms with Crippen molar-refractivity contribution in [3.63, 3.8) is 0 Å². The fourth-order valence-electron chi connectivity index (χ4n) is 2.19. The van der Waals surface area contributed by atoms with Gasteiger partial charge in [0.1, 0.15) is 17.4 Å². The van der Waals surface area contributed by atoms with Gasteiger partial charge in [-0.15, -0.1) is 0 Å². The summed E-state index contributed by atoms with van der Waals surface area (Å²) in [6, 6.07) is 5.47. The van der Waals surface area contributed by atoms with Crippen molar-refractivity contribution in [3.8, 4) is 6.07 Å². The first kappa shape index (κ1) is 14.2. The Balaban J connectivity index is 2.11. The zero-order chi connectivity index (χ0) is 14.4. The number of anilines is 1. The Hall–Kier alpha value is -2.22. The Kier molecular flexibility index (Phi) is 4.83. The number of rotatable bonds is 4. The molecule has 1 aliphatic heterocycles. The van der Waals surface area contributed by atoms with Crippen LogP contribution in [0, 0.1) is 11.3 Å². The molecule has 0 saturated carbocycles. The maximum absolute atomic E-state index is 11.5. The number of ether oxygens (including phenoxy) is 1. The summed E-state index contributed by atoms with van der Waals surface area (Å²) in [4.78, 5) is 13.7. The number of carbonyl (C=O) groups is 1. The Morgan fingerprint density at radius 1 is 1.45 bits per heavy atom. The molecule has 5 nitrogen and oxygen atoms in total. The molecular formula is C15H18N2O3. The zero-order valence-corrected chi connectivity index (χ0v) is 11.6. The van der Waals surface area contributed by atoms with Crippen molar-refractivity contribution >= 4 is 17.9 Å². The molecule has 0 N–H and O–H groups in total. The molecule has 106 valence electrons. The van der Waals surface area contributed by atoms with E-state index in [1.54, 1.807) is 13.0 Å². The molecule has 0 atom stereocenters. The maximum atomic E-state index is 11.5. The van der Waals surface area contributed by atoms with E-state index in [1.807, 2.05) is 12.1 Å². The number of hydrogen-bond donors (Lipinski definition) is 0. The van der Waals surface area contributed by atoms with Crippen molar-refractivity contribution in [1.29, 1.82) is 5.26 Å². The van der Waals surface area contributed by atoms with Crippen LogP contribution in [0.3, 0.4) is 0 Å². The van der Waals surface area contributed by atoms with Crippen LogP contribution in [-0.4, -0.2) is 25.7 Å². The Bertz CT molecular complexity index is 534. The van der Waals surface area contributed by atoms with Crippen molar-refractivity contribution in [3.05, 3.63) is 23.5 Å². The quantitative estimate of drug-likeness (QED) is 0.480. The minimum Gasteiger partial charge on any atom is -0.462 e. The number of nitriles is 1. The molecule has 2 heterocycles. The topological polar surface area (TPSA) is 66.5 Å². The van der Waals surface area contributed by atoms with Crippen molar-refractivity contribution in [1.82, 2.24) is 0 Å². The number of piperidine rings is 1. The van der Waals surface area contributed by atoms with E-state index in [0.717, 1.165) is 31.8 Å². The van der Waals surface area contributed by atoms with Gasteiger partial charge in [0.2, 0.25) is 0 Å². The molecule has 0 radical (unpaired) electrons. The Morgan fingerprint density at radius 2 is 2.20 bits per heavy atom. The molecular weight excluding hydrogens is 256 g/mol. The number of carbonyl (C=O) groups excluding carboxylic acids is 1. The molecule has 0 spiro atoms. The first-order valence-electron chi connectivity index (χ1n) is 6.88. The standard InChI is InChI=1S/C15H18N2O3/c1-2-19-15(18)12(11-16)10-13-6-7-14(20-13)17-8-4-3-5-9-17/h6-7,10H,2-5,8-9H2,1H3. The summed E-state index contributed by atoms with van der Waals surface area (Å²) in [5.74, 6) is 0.665. The summed E-state index contributed by atoms with van der Waals surface area (Å²) in [5.41, 5.74) is -0.0496. The molecule has 1 saturated heterocycles. The van der Waals surface area contributed by atoms with E-state index in [-0.39, 0.29) is 12.2 Å². The van der Waals surface area contributed by atoms with Gasteiger partial charge in [-0.05, 0) is 32.3 Å². The Morgan fingerprint density at radius 3 is 2.85 bits per heavy atom. The molecule has 20 heavy (non-hydrogen) atoms. The highest BCUT2D eigenvalue weighted by Gasteiger charge is 2.15. The molecule has 0 amide bonds. The molecule has 0 unspecified atom stereocenters. The summed E-state index contributed by atoms with van der Waals surface area (Å²) < 4.78 is 10.5. The van der Waals surface area contributed by atoms with Gasteiger partial charge in [0.05, 0.1) is 6.61 Å². The third-order valence-electron chi connectivity index (χ3n) is 3.18. The fraction of sp³-hybridized carbons (Fsp3) is 0.467. The maximum Gasteiger partial charge on any atom is 0.349 e. The highest BCUT2D eigenvalue weighted by atomic mass is 16.5. The van der Waals surface area contributed by atoms with Crippen LogP contribution in [0.25, 0.3) is 6.08 Å². The predicted octanol–water partition coefficient (Wildman–Crippen LogP) is 2.74. The lowest BCUT2D eigenvalue weighted by atomic mass is 10.1. The summed E-state index contributed by atoms with van der Waals surface area (Å²) in [7, 11) is 0. The van der Waals surface area contributed by atoms with Crippen molar-refractivity contribution < 1.29 is 13.9 Å². The van der Waals surface area contributed by atoms with Gasteiger partial charge in [-0.2, -0.15) is 5.26 Å². The second-order valence-corrected chi connectivity index (χ2v) is 4.61. The molecule has 0 aliphatic carbocycles. The van der Waals surface area contributed by atoms with Crippen molar-refractivity contribution in [2.24, 2.45) is 0 Å².